The van der Waals surface area contributed by atoms with Gasteiger partial charge in [-0.25, -0.2) is 0 Å². The lowest BCUT2D eigenvalue weighted by Crippen LogP contribution is -2.15. The van der Waals surface area contributed by atoms with Crippen LogP contribution in [0.3, 0.4) is 0 Å². The lowest BCUT2D eigenvalue weighted by Gasteiger charge is -2.10. The second kappa shape index (κ2) is 7.65. The van der Waals surface area contributed by atoms with Crippen LogP contribution in [-0.2, 0) is 14.3 Å². The Morgan fingerprint density at radius 3 is 2.32 bits per heavy atom. The van der Waals surface area contributed by atoms with Gasteiger partial charge in [0.25, 0.3) is 0 Å². The number of rotatable bonds is 5. The minimum atomic E-state index is -0.361. The summed E-state index contributed by atoms with van der Waals surface area (Å²) in [6.45, 7) is 4.02. The number of esters is 1. The molecule has 6 heteroatoms. The molecule has 0 aliphatic carbocycles. The van der Waals surface area contributed by atoms with Crippen molar-refractivity contribution < 1.29 is 14.3 Å². The molecule has 1 amide bonds. The highest BCUT2D eigenvalue weighted by Crippen LogP contribution is 2.32. The van der Waals surface area contributed by atoms with E-state index in [1.807, 2.05) is 19.1 Å². The Labute approximate surface area is 129 Å². The van der Waals surface area contributed by atoms with E-state index in [4.69, 9.17) is 4.74 Å². The number of carbonyl (C=O) groups excluding carboxylic acids is 2. The van der Waals surface area contributed by atoms with Crippen molar-refractivity contribution in [1.29, 1.82) is 0 Å². The summed E-state index contributed by atoms with van der Waals surface area (Å²) >= 11 is 6.79. The molecule has 0 spiro atoms. The number of benzene rings is 1. The summed E-state index contributed by atoms with van der Waals surface area (Å²) in [6, 6.07) is 3.82. The van der Waals surface area contributed by atoms with Gasteiger partial charge in [0.15, 0.2) is 0 Å². The molecule has 0 radical (unpaired) electrons. The third-order valence-electron chi connectivity index (χ3n) is 2.31. The largest absolute Gasteiger partial charge is 0.466 e. The first-order valence-corrected chi connectivity index (χ1v) is 7.43. The number of aryl methyl sites for hydroxylation is 1. The van der Waals surface area contributed by atoms with Gasteiger partial charge in [-0.3, -0.25) is 9.59 Å². The summed E-state index contributed by atoms with van der Waals surface area (Å²) in [5.41, 5.74) is 1.74. The van der Waals surface area contributed by atoms with Crippen molar-refractivity contribution in [2.75, 3.05) is 11.9 Å². The first kappa shape index (κ1) is 16.2. The molecule has 0 heterocycles. The maximum atomic E-state index is 11.7. The Hall–Kier alpha value is -0.880. The fourth-order valence-corrected chi connectivity index (χ4v) is 3.08. The molecule has 0 atom stereocenters. The van der Waals surface area contributed by atoms with Crippen molar-refractivity contribution in [3.05, 3.63) is 26.6 Å². The SMILES string of the molecule is CCOC(=O)CCC(=O)Nc1c(Br)cc(C)cc1Br. The predicted molar refractivity (Wildman–Crippen MR) is 81.1 cm³/mol. The second-order valence-corrected chi connectivity index (χ2v) is 5.67. The van der Waals surface area contributed by atoms with Crippen LogP contribution >= 0.6 is 31.9 Å². The molecule has 4 nitrogen and oxygen atoms in total. The lowest BCUT2D eigenvalue weighted by atomic mass is 10.2. The molecular weight excluding hydrogens is 378 g/mol. The van der Waals surface area contributed by atoms with Gasteiger partial charge in [0, 0.05) is 15.4 Å². The Morgan fingerprint density at radius 1 is 1.21 bits per heavy atom. The molecule has 1 aromatic carbocycles. The van der Waals surface area contributed by atoms with Gasteiger partial charge in [-0.1, -0.05) is 0 Å². The minimum Gasteiger partial charge on any atom is -0.466 e. The van der Waals surface area contributed by atoms with Crippen LogP contribution in [0.1, 0.15) is 25.3 Å². The van der Waals surface area contributed by atoms with E-state index in [9.17, 15) is 9.59 Å². The third kappa shape index (κ3) is 5.32. The average molecular weight is 393 g/mol. The number of ether oxygens (including phenoxy) is 1. The molecule has 0 saturated heterocycles. The van der Waals surface area contributed by atoms with Crippen molar-refractivity contribution in [2.45, 2.75) is 26.7 Å². The molecule has 0 fully saturated rings. The van der Waals surface area contributed by atoms with Gasteiger partial charge in [-0.15, -0.1) is 0 Å². The first-order chi connectivity index (χ1) is 8.93. The van der Waals surface area contributed by atoms with E-state index in [1.54, 1.807) is 6.92 Å². The monoisotopic (exact) mass is 391 g/mol. The topological polar surface area (TPSA) is 55.4 Å². The zero-order valence-corrected chi connectivity index (χ0v) is 13.9. The van der Waals surface area contributed by atoms with Gasteiger partial charge in [-0.05, 0) is 63.4 Å². The van der Waals surface area contributed by atoms with Crippen molar-refractivity contribution in [3.63, 3.8) is 0 Å². The number of hydrogen-bond donors (Lipinski definition) is 1. The molecular formula is C13H15Br2NO3. The van der Waals surface area contributed by atoms with Crippen LogP contribution < -0.4 is 5.32 Å². The van der Waals surface area contributed by atoms with E-state index in [0.29, 0.717) is 12.3 Å². The lowest BCUT2D eigenvalue weighted by molar-refractivity contribution is -0.144. The Morgan fingerprint density at radius 2 is 1.79 bits per heavy atom. The smallest absolute Gasteiger partial charge is 0.306 e. The molecule has 104 valence electrons. The predicted octanol–water partition coefficient (Wildman–Crippen LogP) is 3.80. The number of carbonyl (C=O) groups is 2. The molecule has 0 aliphatic heterocycles. The van der Waals surface area contributed by atoms with Crippen LogP contribution in [0.15, 0.2) is 21.1 Å². The standard InChI is InChI=1S/C13H15Br2NO3/c1-3-19-12(18)5-4-11(17)16-13-9(14)6-8(2)7-10(13)15/h6-7H,3-5H2,1-2H3,(H,16,17). The van der Waals surface area contributed by atoms with Gasteiger partial charge in [0.1, 0.15) is 0 Å². The highest BCUT2D eigenvalue weighted by molar-refractivity contribution is 9.11. The Bertz CT molecular complexity index is 466. The van der Waals surface area contributed by atoms with Gasteiger partial charge in [0.05, 0.1) is 18.7 Å². The number of amides is 1. The fraction of sp³-hybridized carbons (Fsp3) is 0.385. The van der Waals surface area contributed by atoms with Crippen LogP contribution in [0.4, 0.5) is 5.69 Å². The quantitative estimate of drug-likeness (QED) is 0.775. The summed E-state index contributed by atoms with van der Waals surface area (Å²) in [6.07, 6.45) is 0.187. The van der Waals surface area contributed by atoms with E-state index in [1.165, 1.54) is 0 Å². The number of anilines is 1. The molecule has 0 aliphatic rings. The van der Waals surface area contributed by atoms with Crippen molar-refractivity contribution in [1.82, 2.24) is 0 Å². The highest BCUT2D eigenvalue weighted by Gasteiger charge is 2.12. The molecule has 0 saturated carbocycles. The van der Waals surface area contributed by atoms with Gasteiger partial charge < -0.3 is 10.1 Å². The molecule has 0 bridgehead atoms. The molecule has 1 rings (SSSR count). The van der Waals surface area contributed by atoms with Gasteiger partial charge in [0.2, 0.25) is 5.91 Å². The third-order valence-corrected chi connectivity index (χ3v) is 3.56. The van der Waals surface area contributed by atoms with Crippen LogP contribution in [-0.4, -0.2) is 18.5 Å². The summed E-state index contributed by atoms with van der Waals surface area (Å²) in [7, 11) is 0. The van der Waals surface area contributed by atoms with E-state index < -0.39 is 0 Å². The van der Waals surface area contributed by atoms with E-state index in [0.717, 1.165) is 14.5 Å². The van der Waals surface area contributed by atoms with E-state index in [2.05, 4.69) is 37.2 Å². The fourth-order valence-electron chi connectivity index (χ4n) is 1.47. The number of halogens is 2. The van der Waals surface area contributed by atoms with Crippen LogP contribution in [0.5, 0.6) is 0 Å². The number of hydrogen-bond acceptors (Lipinski definition) is 3. The normalized spacial score (nSPS) is 10.1. The second-order valence-electron chi connectivity index (χ2n) is 3.96. The van der Waals surface area contributed by atoms with Crippen LogP contribution in [0, 0.1) is 6.92 Å². The van der Waals surface area contributed by atoms with E-state index in [-0.39, 0.29) is 24.7 Å². The van der Waals surface area contributed by atoms with Crippen LogP contribution in [0.25, 0.3) is 0 Å². The molecule has 1 N–H and O–H groups in total. The van der Waals surface area contributed by atoms with Crippen molar-refractivity contribution in [2.24, 2.45) is 0 Å². The summed E-state index contributed by atoms with van der Waals surface area (Å²) in [5, 5.41) is 2.76. The van der Waals surface area contributed by atoms with E-state index >= 15 is 0 Å². The molecule has 0 aromatic heterocycles. The maximum Gasteiger partial charge on any atom is 0.306 e. The number of nitrogens with one attached hydrogen (secondary N) is 1. The summed E-state index contributed by atoms with van der Waals surface area (Å²) in [4.78, 5) is 22.9. The van der Waals surface area contributed by atoms with Crippen LogP contribution in [0.2, 0.25) is 0 Å². The zero-order valence-electron chi connectivity index (χ0n) is 10.8. The van der Waals surface area contributed by atoms with Gasteiger partial charge >= 0.3 is 5.97 Å². The highest BCUT2D eigenvalue weighted by atomic mass is 79.9. The molecule has 19 heavy (non-hydrogen) atoms. The minimum absolute atomic E-state index is 0.0841. The maximum absolute atomic E-state index is 11.7. The van der Waals surface area contributed by atoms with Crippen molar-refractivity contribution >= 4 is 49.4 Å². The average Bonchev–Trinajstić information content (AvgIpc) is 2.31. The van der Waals surface area contributed by atoms with Gasteiger partial charge in [-0.2, -0.15) is 0 Å². The summed E-state index contributed by atoms with van der Waals surface area (Å²) in [5.74, 6) is -0.585. The zero-order chi connectivity index (χ0) is 14.4. The first-order valence-electron chi connectivity index (χ1n) is 5.85. The Kier molecular flexibility index (Phi) is 6.51. The van der Waals surface area contributed by atoms with Crippen molar-refractivity contribution in [3.8, 4) is 0 Å². The molecule has 0 unspecified atom stereocenters. The molecule has 1 aromatic rings. The Balaban J connectivity index is 2.60. The summed E-state index contributed by atoms with van der Waals surface area (Å²) < 4.78 is 6.36.